The van der Waals surface area contributed by atoms with E-state index >= 15 is 0 Å². The number of aromatic amines is 1. The first-order chi connectivity index (χ1) is 8.29. The zero-order valence-electron chi connectivity index (χ0n) is 10.0. The first kappa shape index (κ1) is 11.4. The molecule has 0 aliphatic rings. The highest BCUT2D eigenvalue weighted by molar-refractivity contribution is 5.55. The molecule has 0 radical (unpaired) electrons. The third-order valence-corrected chi connectivity index (χ3v) is 2.49. The maximum Gasteiger partial charge on any atom is 0.160 e. The van der Waals surface area contributed by atoms with Crippen LogP contribution in [-0.4, -0.2) is 28.6 Å². The summed E-state index contributed by atoms with van der Waals surface area (Å²) in [6.07, 6.45) is 6.14. The van der Waals surface area contributed by atoms with E-state index in [1.54, 1.807) is 19.6 Å². The van der Waals surface area contributed by atoms with Crippen LogP contribution in [0.25, 0.3) is 0 Å². The van der Waals surface area contributed by atoms with Crippen LogP contribution in [0.5, 0.6) is 5.75 Å². The summed E-state index contributed by atoms with van der Waals surface area (Å²) in [6, 6.07) is 1.98. The summed E-state index contributed by atoms with van der Waals surface area (Å²) in [4.78, 5) is 11.2. The van der Waals surface area contributed by atoms with Gasteiger partial charge >= 0.3 is 0 Å². The number of nitrogens with zero attached hydrogens (tertiary/aromatic N) is 2. The average molecular weight is 232 g/mol. The van der Waals surface area contributed by atoms with Gasteiger partial charge in [0.25, 0.3) is 0 Å². The van der Waals surface area contributed by atoms with Crippen molar-refractivity contribution in [3.63, 3.8) is 0 Å². The first-order valence-electron chi connectivity index (χ1n) is 5.51. The summed E-state index contributed by atoms with van der Waals surface area (Å²) < 4.78 is 5.24. The van der Waals surface area contributed by atoms with E-state index in [1.165, 1.54) is 0 Å². The van der Waals surface area contributed by atoms with E-state index < -0.39 is 0 Å². The molecule has 2 rings (SSSR count). The largest absolute Gasteiger partial charge is 0.493 e. The van der Waals surface area contributed by atoms with Gasteiger partial charge in [-0.15, -0.1) is 0 Å². The van der Waals surface area contributed by atoms with Crippen molar-refractivity contribution in [3.05, 3.63) is 36.2 Å². The number of anilines is 1. The summed E-state index contributed by atoms with van der Waals surface area (Å²) in [5, 5.41) is 3.33. The van der Waals surface area contributed by atoms with Crippen LogP contribution in [0.1, 0.15) is 11.4 Å². The van der Waals surface area contributed by atoms with Crippen molar-refractivity contribution in [1.82, 2.24) is 15.0 Å². The van der Waals surface area contributed by atoms with E-state index in [0.717, 1.165) is 35.8 Å². The average Bonchev–Trinajstić information content (AvgIpc) is 2.82. The van der Waals surface area contributed by atoms with Gasteiger partial charge in [-0.2, -0.15) is 0 Å². The SMILES string of the molecule is COc1cnc(C)cc1NCCc1cnc[nH]1. The minimum atomic E-state index is 0.764. The van der Waals surface area contributed by atoms with E-state index in [4.69, 9.17) is 4.74 Å². The number of nitrogens with one attached hydrogen (secondary N) is 2. The van der Waals surface area contributed by atoms with Crippen LogP contribution >= 0.6 is 0 Å². The Morgan fingerprint density at radius 1 is 1.41 bits per heavy atom. The molecule has 0 saturated heterocycles. The van der Waals surface area contributed by atoms with Crippen LogP contribution in [0.3, 0.4) is 0 Å². The third kappa shape index (κ3) is 2.96. The minimum absolute atomic E-state index is 0.764. The Kier molecular flexibility index (Phi) is 3.59. The topological polar surface area (TPSA) is 62.8 Å². The summed E-state index contributed by atoms with van der Waals surface area (Å²) in [5.74, 6) is 0.764. The molecule has 0 aromatic carbocycles. The Morgan fingerprint density at radius 3 is 3.00 bits per heavy atom. The number of aryl methyl sites for hydroxylation is 1. The van der Waals surface area contributed by atoms with E-state index in [1.807, 2.05) is 19.2 Å². The molecule has 5 nitrogen and oxygen atoms in total. The number of pyridine rings is 1. The highest BCUT2D eigenvalue weighted by Gasteiger charge is 2.03. The van der Waals surface area contributed by atoms with Crippen LogP contribution in [-0.2, 0) is 6.42 Å². The summed E-state index contributed by atoms with van der Waals surface area (Å²) in [6.45, 7) is 2.78. The zero-order chi connectivity index (χ0) is 12.1. The molecule has 2 aromatic heterocycles. The molecule has 0 bridgehead atoms. The molecule has 0 amide bonds. The molecule has 0 spiro atoms. The molecule has 17 heavy (non-hydrogen) atoms. The third-order valence-electron chi connectivity index (χ3n) is 2.49. The van der Waals surface area contributed by atoms with Crippen LogP contribution in [0.15, 0.2) is 24.8 Å². The lowest BCUT2D eigenvalue weighted by Gasteiger charge is -2.10. The lowest BCUT2D eigenvalue weighted by Crippen LogP contribution is -2.07. The minimum Gasteiger partial charge on any atom is -0.493 e. The van der Waals surface area contributed by atoms with Gasteiger partial charge in [0.05, 0.1) is 25.3 Å². The van der Waals surface area contributed by atoms with Crippen molar-refractivity contribution in [3.8, 4) is 5.75 Å². The van der Waals surface area contributed by atoms with Gasteiger partial charge in [0.2, 0.25) is 0 Å². The quantitative estimate of drug-likeness (QED) is 0.824. The molecule has 2 N–H and O–H groups in total. The number of hydrogen-bond donors (Lipinski definition) is 2. The number of ether oxygens (including phenoxy) is 1. The Balaban J connectivity index is 1.96. The number of methoxy groups -OCH3 is 1. The van der Waals surface area contributed by atoms with Crippen molar-refractivity contribution >= 4 is 5.69 Å². The molecule has 0 atom stereocenters. The lowest BCUT2D eigenvalue weighted by molar-refractivity contribution is 0.414. The van der Waals surface area contributed by atoms with Crippen molar-refractivity contribution in [2.75, 3.05) is 19.0 Å². The summed E-state index contributed by atoms with van der Waals surface area (Å²) in [7, 11) is 1.65. The summed E-state index contributed by atoms with van der Waals surface area (Å²) in [5.41, 5.74) is 3.05. The van der Waals surface area contributed by atoms with Crippen molar-refractivity contribution in [1.29, 1.82) is 0 Å². The van der Waals surface area contributed by atoms with Crippen molar-refractivity contribution in [2.45, 2.75) is 13.3 Å². The van der Waals surface area contributed by atoms with Gasteiger partial charge in [0.15, 0.2) is 5.75 Å². The fraction of sp³-hybridized carbons (Fsp3) is 0.333. The van der Waals surface area contributed by atoms with Gasteiger partial charge in [0, 0.05) is 30.6 Å². The first-order valence-corrected chi connectivity index (χ1v) is 5.51. The van der Waals surface area contributed by atoms with E-state index in [0.29, 0.717) is 0 Å². The van der Waals surface area contributed by atoms with Gasteiger partial charge in [-0.1, -0.05) is 0 Å². The second kappa shape index (κ2) is 5.34. The number of H-pyrrole nitrogens is 1. The number of aromatic nitrogens is 3. The summed E-state index contributed by atoms with van der Waals surface area (Å²) >= 11 is 0. The van der Waals surface area contributed by atoms with Crippen LogP contribution in [0.2, 0.25) is 0 Å². The lowest BCUT2D eigenvalue weighted by atomic mass is 10.3. The Labute approximate surface area is 100 Å². The van der Waals surface area contributed by atoms with Gasteiger partial charge in [0.1, 0.15) is 0 Å². The molecule has 0 fully saturated rings. The van der Waals surface area contributed by atoms with E-state index in [9.17, 15) is 0 Å². The van der Waals surface area contributed by atoms with Crippen LogP contribution < -0.4 is 10.1 Å². The molecule has 90 valence electrons. The normalized spacial score (nSPS) is 10.2. The van der Waals surface area contributed by atoms with E-state index in [2.05, 4.69) is 20.3 Å². The number of hydrogen-bond acceptors (Lipinski definition) is 4. The second-order valence-electron chi connectivity index (χ2n) is 3.78. The van der Waals surface area contributed by atoms with Crippen LogP contribution in [0.4, 0.5) is 5.69 Å². The Morgan fingerprint density at radius 2 is 2.29 bits per heavy atom. The highest BCUT2D eigenvalue weighted by Crippen LogP contribution is 2.23. The van der Waals surface area contributed by atoms with Gasteiger partial charge in [-0.3, -0.25) is 4.98 Å². The van der Waals surface area contributed by atoms with Gasteiger partial charge in [-0.25, -0.2) is 4.98 Å². The molecule has 0 aliphatic carbocycles. The highest BCUT2D eigenvalue weighted by atomic mass is 16.5. The molecule has 0 aliphatic heterocycles. The molecule has 2 heterocycles. The molecular weight excluding hydrogens is 216 g/mol. The molecular formula is C12H16N4O. The fourth-order valence-electron chi connectivity index (χ4n) is 1.60. The number of rotatable bonds is 5. The van der Waals surface area contributed by atoms with Crippen LogP contribution in [0, 0.1) is 6.92 Å². The fourth-order valence-corrected chi connectivity index (χ4v) is 1.60. The predicted molar refractivity (Wildman–Crippen MR) is 66.3 cm³/mol. The monoisotopic (exact) mass is 232 g/mol. The maximum atomic E-state index is 5.24. The van der Waals surface area contributed by atoms with Gasteiger partial charge < -0.3 is 15.0 Å². The molecule has 0 saturated carbocycles. The second-order valence-corrected chi connectivity index (χ2v) is 3.78. The maximum absolute atomic E-state index is 5.24. The zero-order valence-corrected chi connectivity index (χ0v) is 10.0. The Hall–Kier alpha value is -2.04. The number of imidazole rings is 1. The smallest absolute Gasteiger partial charge is 0.160 e. The predicted octanol–water partition coefficient (Wildman–Crippen LogP) is 1.78. The van der Waals surface area contributed by atoms with Gasteiger partial charge in [-0.05, 0) is 13.0 Å². The van der Waals surface area contributed by atoms with Crippen molar-refractivity contribution in [2.24, 2.45) is 0 Å². The van der Waals surface area contributed by atoms with E-state index in [-0.39, 0.29) is 0 Å². The van der Waals surface area contributed by atoms with Crippen molar-refractivity contribution < 1.29 is 4.74 Å². The molecule has 2 aromatic rings. The molecule has 0 unspecified atom stereocenters. The standard InChI is InChI=1S/C12H16N4O/c1-9-5-11(12(17-2)7-15-9)14-4-3-10-6-13-8-16-10/h5-8H,3-4H2,1-2H3,(H,13,16)(H,14,15). The molecule has 5 heteroatoms. The Bertz CT molecular complexity index is 467.